The number of anilines is 2. The molecule has 0 bridgehead atoms. The number of carbonyl (C=O) groups is 1. The van der Waals surface area contributed by atoms with Crippen LogP contribution in [0.4, 0.5) is 24.5 Å². The molecule has 6 heteroatoms. The summed E-state index contributed by atoms with van der Waals surface area (Å²) >= 11 is 0. The minimum Gasteiger partial charge on any atom is -0.398 e. The number of nitrogens with one attached hydrogen (secondary N) is 1. The molecule has 0 aromatic heterocycles. The van der Waals surface area contributed by atoms with Crippen LogP contribution in [0.2, 0.25) is 0 Å². The standard InChI is InChI=1S/C15H19F3N2O/c16-15(17,18)12-9-11(7-8-13(12)19)20-14(21)10-5-3-1-2-4-6-10/h7-10H,1-6,19H2,(H,20,21). The Hall–Kier alpha value is -1.72. The topological polar surface area (TPSA) is 55.1 Å². The largest absolute Gasteiger partial charge is 0.418 e. The number of benzene rings is 1. The Kier molecular flexibility index (Phi) is 4.75. The van der Waals surface area contributed by atoms with Crippen LogP contribution in [0.15, 0.2) is 18.2 Å². The van der Waals surface area contributed by atoms with E-state index in [9.17, 15) is 18.0 Å². The van der Waals surface area contributed by atoms with Gasteiger partial charge in [-0.2, -0.15) is 13.2 Å². The van der Waals surface area contributed by atoms with Crippen LogP contribution < -0.4 is 11.1 Å². The van der Waals surface area contributed by atoms with Gasteiger partial charge in [0.05, 0.1) is 5.56 Å². The van der Waals surface area contributed by atoms with E-state index in [4.69, 9.17) is 5.73 Å². The lowest BCUT2D eigenvalue weighted by Gasteiger charge is -2.16. The molecule has 0 atom stereocenters. The van der Waals surface area contributed by atoms with Gasteiger partial charge in [-0.15, -0.1) is 0 Å². The molecule has 0 unspecified atom stereocenters. The number of hydrogen-bond acceptors (Lipinski definition) is 2. The first-order valence-electron chi connectivity index (χ1n) is 7.15. The molecule has 0 radical (unpaired) electrons. The molecule has 1 aromatic rings. The second-order valence-corrected chi connectivity index (χ2v) is 5.48. The van der Waals surface area contributed by atoms with E-state index in [1.807, 2.05) is 0 Å². The van der Waals surface area contributed by atoms with Crippen molar-refractivity contribution in [3.63, 3.8) is 0 Å². The Morgan fingerprint density at radius 1 is 1.14 bits per heavy atom. The highest BCUT2D eigenvalue weighted by Gasteiger charge is 2.33. The van der Waals surface area contributed by atoms with Crippen LogP contribution in [-0.4, -0.2) is 5.91 Å². The van der Waals surface area contributed by atoms with Crippen molar-refractivity contribution in [3.8, 4) is 0 Å². The van der Waals surface area contributed by atoms with Crippen LogP contribution in [0.5, 0.6) is 0 Å². The van der Waals surface area contributed by atoms with Crippen molar-refractivity contribution >= 4 is 17.3 Å². The average Bonchev–Trinajstić information content (AvgIpc) is 2.68. The summed E-state index contributed by atoms with van der Waals surface area (Å²) in [5, 5.41) is 2.58. The summed E-state index contributed by atoms with van der Waals surface area (Å²) in [7, 11) is 0. The number of alkyl halides is 3. The normalized spacial score (nSPS) is 17.3. The first kappa shape index (κ1) is 15.7. The summed E-state index contributed by atoms with van der Waals surface area (Å²) in [5.41, 5.74) is 4.23. The second-order valence-electron chi connectivity index (χ2n) is 5.48. The SMILES string of the molecule is Nc1ccc(NC(=O)C2CCCCCC2)cc1C(F)(F)F. The molecule has 3 N–H and O–H groups in total. The summed E-state index contributed by atoms with van der Waals surface area (Å²) in [6, 6.07) is 3.47. The van der Waals surface area contributed by atoms with Gasteiger partial charge in [-0.1, -0.05) is 25.7 Å². The van der Waals surface area contributed by atoms with E-state index >= 15 is 0 Å². The van der Waals surface area contributed by atoms with Crippen molar-refractivity contribution in [3.05, 3.63) is 23.8 Å². The summed E-state index contributed by atoms with van der Waals surface area (Å²) in [6.07, 6.45) is 1.29. The lowest BCUT2D eigenvalue weighted by molar-refractivity contribution is -0.137. The van der Waals surface area contributed by atoms with E-state index < -0.39 is 11.7 Å². The molecule has 1 fully saturated rings. The van der Waals surface area contributed by atoms with E-state index in [-0.39, 0.29) is 23.2 Å². The number of carbonyl (C=O) groups excluding carboxylic acids is 1. The molecule has 0 spiro atoms. The molecule has 1 aliphatic rings. The van der Waals surface area contributed by atoms with E-state index in [2.05, 4.69) is 5.32 Å². The van der Waals surface area contributed by atoms with E-state index in [0.29, 0.717) is 0 Å². The highest BCUT2D eigenvalue weighted by Crippen LogP contribution is 2.35. The number of amides is 1. The highest BCUT2D eigenvalue weighted by atomic mass is 19.4. The van der Waals surface area contributed by atoms with Crippen LogP contribution in [0.3, 0.4) is 0 Å². The number of hydrogen-bond donors (Lipinski definition) is 2. The third kappa shape index (κ3) is 4.12. The molecule has 116 valence electrons. The first-order chi connectivity index (χ1) is 9.88. The molecule has 1 aromatic carbocycles. The Labute approximate surface area is 121 Å². The number of halogens is 3. The van der Waals surface area contributed by atoms with Gasteiger partial charge in [-0.3, -0.25) is 4.79 Å². The van der Waals surface area contributed by atoms with Crippen LogP contribution in [0.1, 0.15) is 44.1 Å². The lowest BCUT2D eigenvalue weighted by Crippen LogP contribution is -2.22. The molecule has 0 heterocycles. The quantitative estimate of drug-likeness (QED) is 0.635. The third-order valence-electron chi connectivity index (χ3n) is 3.85. The van der Waals surface area contributed by atoms with E-state index in [0.717, 1.165) is 44.6 Å². The first-order valence-corrected chi connectivity index (χ1v) is 7.15. The predicted octanol–water partition coefficient (Wildman–Crippen LogP) is 4.20. The number of rotatable bonds is 2. The zero-order valence-corrected chi connectivity index (χ0v) is 11.7. The zero-order valence-electron chi connectivity index (χ0n) is 11.7. The van der Waals surface area contributed by atoms with Gasteiger partial charge in [-0.25, -0.2) is 0 Å². The molecule has 0 saturated heterocycles. The van der Waals surface area contributed by atoms with Crippen molar-refractivity contribution < 1.29 is 18.0 Å². The minimum absolute atomic E-state index is 0.112. The van der Waals surface area contributed by atoms with E-state index in [1.54, 1.807) is 0 Å². The summed E-state index contributed by atoms with van der Waals surface area (Å²) in [6.45, 7) is 0. The van der Waals surface area contributed by atoms with Crippen LogP contribution in [0.25, 0.3) is 0 Å². The third-order valence-corrected chi connectivity index (χ3v) is 3.85. The van der Waals surface area contributed by atoms with E-state index in [1.165, 1.54) is 12.1 Å². The summed E-state index contributed by atoms with van der Waals surface area (Å²) in [5.74, 6) is -0.311. The van der Waals surface area contributed by atoms with Gasteiger partial charge in [0.1, 0.15) is 0 Å². The van der Waals surface area contributed by atoms with Gasteiger partial charge < -0.3 is 11.1 Å². The van der Waals surface area contributed by atoms with Crippen molar-refractivity contribution in [1.29, 1.82) is 0 Å². The monoisotopic (exact) mass is 300 g/mol. The number of nitrogens with two attached hydrogens (primary N) is 1. The second kappa shape index (κ2) is 6.37. The lowest BCUT2D eigenvalue weighted by atomic mass is 9.99. The zero-order chi connectivity index (χ0) is 15.5. The smallest absolute Gasteiger partial charge is 0.398 e. The fourth-order valence-corrected chi connectivity index (χ4v) is 2.67. The molecule has 1 saturated carbocycles. The highest BCUT2D eigenvalue weighted by molar-refractivity contribution is 5.92. The fraction of sp³-hybridized carbons (Fsp3) is 0.533. The Morgan fingerprint density at radius 2 is 1.76 bits per heavy atom. The Morgan fingerprint density at radius 3 is 2.33 bits per heavy atom. The van der Waals surface area contributed by atoms with Gasteiger partial charge in [0.15, 0.2) is 0 Å². The molecule has 2 rings (SSSR count). The molecular weight excluding hydrogens is 281 g/mol. The van der Waals surface area contributed by atoms with Gasteiger partial charge >= 0.3 is 6.18 Å². The van der Waals surface area contributed by atoms with Gasteiger partial charge in [0, 0.05) is 17.3 Å². The van der Waals surface area contributed by atoms with Gasteiger partial charge in [-0.05, 0) is 31.0 Å². The maximum absolute atomic E-state index is 12.8. The fourth-order valence-electron chi connectivity index (χ4n) is 2.67. The minimum atomic E-state index is -4.52. The van der Waals surface area contributed by atoms with Crippen molar-refractivity contribution in [2.24, 2.45) is 5.92 Å². The average molecular weight is 300 g/mol. The summed E-state index contributed by atoms with van der Waals surface area (Å²) < 4.78 is 38.3. The number of nitrogen functional groups attached to an aromatic ring is 1. The predicted molar refractivity (Wildman–Crippen MR) is 75.7 cm³/mol. The Balaban J connectivity index is 2.10. The molecular formula is C15H19F3N2O. The van der Waals surface area contributed by atoms with Crippen LogP contribution >= 0.6 is 0 Å². The van der Waals surface area contributed by atoms with Crippen LogP contribution in [0, 0.1) is 5.92 Å². The Bertz CT molecular complexity index is 506. The molecule has 3 nitrogen and oxygen atoms in total. The van der Waals surface area contributed by atoms with Crippen molar-refractivity contribution in [2.75, 3.05) is 11.1 Å². The van der Waals surface area contributed by atoms with Gasteiger partial charge in [0.25, 0.3) is 0 Å². The van der Waals surface area contributed by atoms with Crippen molar-refractivity contribution in [1.82, 2.24) is 0 Å². The maximum atomic E-state index is 12.8. The molecule has 1 aliphatic carbocycles. The van der Waals surface area contributed by atoms with Gasteiger partial charge in [0.2, 0.25) is 5.91 Å². The van der Waals surface area contributed by atoms with Crippen LogP contribution in [-0.2, 0) is 11.0 Å². The molecule has 21 heavy (non-hydrogen) atoms. The van der Waals surface area contributed by atoms with Crippen molar-refractivity contribution in [2.45, 2.75) is 44.7 Å². The molecule has 0 aliphatic heterocycles. The summed E-state index contributed by atoms with van der Waals surface area (Å²) in [4.78, 5) is 12.1. The molecule has 1 amide bonds. The maximum Gasteiger partial charge on any atom is 0.418 e.